The minimum atomic E-state index is 0. The van der Waals surface area contributed by atoms with Crippen LogP contribution in [0.1, 0.15) is 0 Å². The van der Waals surface area contributed by atoms with Gasteiger partial charge in [-0.15, -0.1) is 0 Å². The molecule has 0 fully saturated rings. The third-order valence-corrected chi connectivity index (χ3v) is 1.74. The summed E-state index contributed by atoms with van der Waals surface area (Å²) in [5, 5.41) is 9.46. The molecule has 0 aliphatic rings. The molecule has 0 spiro atoms. The largest absolute Gasteiger partial charge is 0.506 e. The van der Waals surface area contributed by atoms with Gasteiger partial charge in [0.05, 0.1) is 5.02 Å². The van der Waals surface area contributed by atoms with Crippen molar-refractivity contribution in [2.24, 2.45) is 0 Å². The Morgan fingerprint density at radius 2 is 1.80 bits per heavy atom. The summed E-state index contributed by atoms with van der Waals surface area (Å²) in [7, 11) is 0. The number of hydrogen-bond acceptors (Lipinski definition) is 1. The quantitative estimate of drug-likeness (QED) is 0.654. The number of rotatable bonds is 0. The van der Waals surface area contributed by atoms with E-state index in [0.29, 0.717) is 5.02 Å². The minimum absolute atomic E-state index is 0. The number of phenolic OH excluding ortho intramolecular Hbond substituents is 1. The molecule has 0 unspecified atom stereocenters. The molecular weight excluding hydrogens is 207 g/mol. The van der Waals surface area contributed by atoms with Crippen LogP contribution in [0.5, 0.6) is 5.75 Å². The van der Waals surface area contributed by atoms with Crippen molar-refractivity contribution in [2.45, 2.75) is 0 Å². The first-order valence-electron chi connectivity index (χ1n) is 2.35. The molecule has 1 rings (SSSR count). The smallest absolute Gasteiger partial charge is 0.135 e. The molecule has 1 N–H and O–H groups in total. The molecule has 0 bridgehead atoms. The number of benzene rings is 1. The zero-order valence-corrected chi connectivity index (χ0v) is 8.01. The molecule has 0 aliphatic heterocycles. The van der Waals surface area contributed by atoms with Gasteiger partial charge in [-0.05, 0) is 12.1 Å². The van der Waals surface area contributed by atoms with Gasteiger partial charge in [-0.25, -0.2) is 0 Å². The predicted molar refractivity (Wildman–Crippen MR) is 38.1 cm³/mol. The van der Waals surface area contributed by atoms with Gasteiger partial charge < -0.3 is 5.11 Å². The Balaban J connectivity index is 0.000000810. The van der Waals surface area contributed by atoms with Gasteiger partial charge in [0.25, 0.3) is 0 Å². The van der Waals surface area contributed by atoms with Crippen molar-refractivity contribution in [3.05, 3.63) is 28.2 Å². The van der Waals surface area contributed by atoms with Gasteiger partial charge in [-0.1, -0.05) is 29.3 Å². The molecule has 0 atom stereocenters. The normalized spacial score (nSPS) is 8.60. The van der Waals surface area contributed by atoms with Crippen LogP contribution < -0.4 is 0 Å². The fraction of sp³-hybridized carbons (Fsp3) is 0. The average Bonchev–Trinajstić information content (AvgIpc) is 1.83. The fourth-order valence-electron chi connectivity index (χ4n) is 0.492. The summed E-state index contributed by atoms with van der Waals surface area (Å²) in [5.74, 6) is 0.0177. The van der Waals surface area contributed by atoms with E-state index in [4.69, 9.17) is 28.3 Å². The molecule has 1 aromatic carbocycles. The molecule has 52 valence electrons. The maximum absolute atomic E-state index is 8.88. The third-order valence-electron chi connectivity index (χ3n) is 0.931. The standard InChI is InChI=1S/C6H4Cl2O.Ti/c7-4-2-1-3-5(9)6(4)8;/h1-3,9H;. The van der Waals surface area contributed by atoms with E-state index in [1.807, 2.05) is 0 Å². The molecule has 1 nitrogen and oxygen atoms in total. The van der Waals surface area contributed by atoms with E-state index in [1.165, 1.54) is 6.07 Å². The van der Waals surface area contributed by atoms with Crippen LogP contribution in [-0.2, 0) is 21.7 Å². The van der Waals surface area contributed by atoms with Crippen molar-refractivity contribution >= 4 is 23.2 Å². The minimum Gasteiger partial charge on any atom is -0.506 e. The Morgan fingerprint density at radius 3 is 2.20 bits per heavy atom. The second-order valence-electron chi connectivity index (χ2n) is 1.57. The number of phenols is 1. The van der Waals surface area contributed by atoms with E-state index in [0.717, 1.165) is 0 Å². The number of aromatic hydroxyl groups is 1. The summed E-state index contributed by atoms with van der Waals surface area (Å²) in [4.78, 5) is 0. The van der Waals surface area contributed by atoms with Crippen molar-refractivity contribution in [3.63, 3.8) is 0 Å². The summed E-state index contributed by atoms with van der Waals surface area (Å²) < 4.78 is 0. The molecule has 1 aromatic rings. The van der Waals surface area contributed by atoms with Gasteiger partial charge in [0.1, 0.15) is 10.8 Å². The maximum Gasteiger partial charge on any atom is 0.135 e. The van der Waals surface area contributed by atoms with E-state index >= 15 is 0 Å². The monoisotopic (exact) mass is 210 g/mol. The first-order valence-corrected chi connectivity index (χ1v) is 3.10. The van der Waals surface area contributed by atoms with Crippen LogP contribution in [0, 0.1) is 0 Å². The van der Waals surface area contributed by atoms with Crippen LogP contribution in [0.3, 0.4) is 0 Å². The van der Waals surface area contributed by atoms with Crippen LogP contribution in [0.15, 0.2) is 18.2 Å². The van der Waals surface area contributed by atoms with Gasteiger partial charge in [0.15, 0.2) is 0 Å². The van der Waals surface area contributed by atoms with E-state index in [2.05, 4.69) is 0 Å². The second kappa shape index (κ2) is 4.25. The van der Waals surface area contributed by atoms with Crippen LogP contribution in [0.2, 0.25) is 10.0 Å². The van der Waals surface area contributed by atoms with Crippen molar-refractivity contribution < 1.29 is 26.8 Å². The number of halogens is 2. The molecule has 0 aliphatic carbocycles. The second-order valence-corrected chi connectivity index (χ2v) is 2.36. The topological polar surface area (TPSA) is 20.2 Å². The van der Waals surface area contributed by atoms with Gasteiger partial charge in [-0.2, -0.15) is 0 Å². The van der Waals surface area contributed by atoms with Crippen LogP contribution in [0.4, 0.5) is 0 Å². The summed E-state index contributed by atoms with van der Waals surface area (Å²) in [5.41, 5.74) is 0. The maximum atomic E-state index is 8.88. The summed E-state index contributed by atoms with van der Waals surface area (Å²) in [6, 6.07) is 4.72. The Kier molecular flexibility index (Phi) is 4.38. The SMILES string of the molecule is Oc1cccc(Cl)c1Cl.[Ti]. The van der Waals surface area contributed by atoms with Gasteiger partial charge in [0.2, 0.25) is 0 Å². The molecule has 0 radical (unpaired) electrons. The molecule has 0 aromatic heterocycles. The van der Waals surface area contributed by atoms with E-state index in [-0.39, 0.29) is 32.5 Å². The van der Waals surface area contributed by atoms with Crippen molar-refractivity contribution in [1.29, 1.82) is 0 Å². The third kappa shape index (κ3) is 2.17. The molecule has 0 saturated heterocycles. The molecule has 10 heavy (non-hydrogen) atoms. The average molecular weight is 211 g/mol. The molecule has 0 saturated carbocycles. The van der Waals surface area contributed by atoms with Gasteiger partial charge >= 0.3 is 0 Å². The van der Waals surface area contributed by atoms with Gasteiger partial charge in [-0.3, -0.25) is 0 Å². The van der Waals surface area contributed by atoms with Crippen LogP contribution in [-0.4, -0.2) is 5.11 Å². The number of hydrogen-bond donors (Lipinski definition) is 1. The Hall–Kier alpha value is 0.314. The first kappa shape index (κ1) is 10.3. The Labute approximate surface area is 83.8 Å². The predicted octanol–water partition coefficient (Wildman–Crippen LogP) is 2.70. The summed E-state index contributed by atoms with van der Waals surface area (Å²) in [6.45, 7) is 0. The molecule has 0 heterocycles. The Bertz CT molecular complexity index is 207. The van der Waals surface area contributed by atoms with E-state index in [9.17, 15) is 0 Å². The molecular formula is C6H4Cl2OTi. The molecule has 4 heteroatoms. The summed E-state index contributed by atoms with van der Waals surface area (Å²) >= 11 is 11.0. The van der Waals surface area contributed by atoms with Crippen molar-refractivity contribution in [2.75, 3.05) is 0 Å². The van der Waals surface area contributed by atoms with E-state index < -0.39 is 0 Å². The van der Waals surface area contributed by atoms with Crippen LogP contribution >= 0.6 is 23.2 Å². The fourth-order valence-corrected chi connectivity index (χ4v) is 0.788. The van der Waals surface area contributed by atoms with E-state index in [1.54, 1.807) is 12.1 Å². The zero-order valence-electron chi connectivity index (χ0n) is 4.94. The van der Waals surface area contributed by atoms with Crippen molar-refractivity contribution in [1.82, 2.24) is 0 Å². The first-order chi connectivity index (χ1) is 4.22. The van der Waals surface area contributed by atoms with Crippen molar-refractivity contribution in [3.8, 4) is 5.75 Å². The van der Waals surface area contributed by atoms with Gasteiger partial charge in [0, 0.05) is 21.7 Å². The summed E-state index contributed by atoms with van der Waals surface area (Å²) in [6.07, 6.45) is 0. The molecule has 0 amide bonds. The Morgan fingerprint density at radius 1 is 1.20 bits per heavy atom. The van der Waals surface area contributed by atoms with Crippen LogP contribution in [0.25, 0.3) is 0 Å². The zero-order chi connectivity index (χ0) is 6.85.